The van der Waals surface area contributed by atoms with Crippen LogP contribution in [0.5, 0.6) is 0 Å². The highest BCUT2D eigenvalue weighted by atomic mass is 14.9. The molecule has 3 N–H and O–H groups in total. The van der Waals surface area contributed by atoms with E-state index in [2.05, 4.69) is 5.32 Å². The van der Waals surface area contributed by atoms with Crippen LogP contribution in [0.4, 0.5) is 0 Å². The zero-order valence-corrected chi connectivity index (χ0v) is 3.99. The number of nitrogens with two attached hydrogens (primary N) is 1. The number of rotatable bonds is 0. The van der Waals surface area contributed by atoms with Crippen molar-refractivity contribution in [2.75, 3.05) is 13.1 Å². The zero-order valence-electron chi connectivity index (χ0n) is 8.99. The molecule has 0 spiro atoms. The van der Waals surface area contributed by atoms with E-state index in [-0.39, 0.29) is 13.1 Å². The quantitative estimate of drug-likeness (QED) is 0.444. The highest BCUT2D eigenvalue weighted by Gasteiger charge is 2.05. The van der Waals surface area contributed by atoms with Gasteiger partial charge in [0.15, 0.2) is 0 Å². The molecule has 0 aromatic heterocycles. The third-order valence-corrected chi connectivity index (χ3v) is 0.808. The fraction of sp³-hybridized carbons (Fsp3) is 1.00. The fourth-order valence-electron chi connectivity index (χ4n) is 0.440. The summed E-state index contributed by atoms with van der Waals surface area (Å²) in [6.45, 7) is -0.154. The van der Waals surface area contributed by atoms with Crippen LogP contribution in [0.1, 0.15) is 19.6 Å². The molecule has 7 heavy (non-hydrogen) atoms. The molecule has 1 saturated heterocycles. The van der Waals surface area contributed by atoms with Crippen LogP contribution < -0.4 is 11.1 Å². The summed E-state index contributed by atoms with van der Waals surface area (Å²) < 4.78 is 36.8. The summed E-state index contributed by atoms with van der Waals surface area (Å²) in [5, 5.41) is 2.57. The lowest BCUT2D eigenvalue weighted by Gasteiger charge is -2.17. The molecule has 1 heterocycles. The highest BCUT2D eigenvalue weighted by Crippen LogP contribution is 1.96. The van der Waals surface area contributed by atoms with Gasteiger partial charge in [0.25, 0.3) is 0 Å². The first-order chi connectivity index (χ1) is 5.21. The Hall–Kier alpha value is -0.0800. The van der Waals surface area contributed by atoms with Crippen LogP contribution in [-0.2, 0) is 0 Å². The van der Waals surface area contributed by atoms with Gasteiger partial charge in [0.2, 0.25) is 0 Å². The molecule has 0 aliphatic carbocycles. The molecule has 1 aliphatic rings. The first-order valence-corrected chi connectivity index (χ1v) is 2.20. The summed E-state index contributed by atoms with van der Waals surface area (Å²) in [5.74, 6) is 0. The van der Waals surface area contributed by atoms with Gasteiger partial charge in [-0.15, -0.1) is 0 Å². The lowest BCUT2D eigenvalue weighted by Crippen LogP contribution is -2.35. The van der Waals surface area contributed by atoms with Crippen molar-refractivity contribution in [1.29, 1.82) is 0 Å². The van der Waals surface area contributed by atoms with Crippen molar-refractivity contribution in [2.24, 2.45) is 5.73 Å². The normalized spacial score (nSPS) is 54.7. The molecule has 0 bridgehead atoms. The Balaban J connectivity index is 2.99. The molecule has 42 valence electrons. The van der Waals surface area contributed by atoms with E-state index in [4.69, 9.17) is 12.6 Å². The lowest BCUT2D eigenvalue weighted by molar-refractivity contribution is 0.458. The molecule has 0 aromatic rings. The van der Waals surface area contributed by atoms with Crippen LogP contribution in [-0.4, -0.2) is 19.1 Å². The van der Waals surface area contributed by atoms with Crippen molar-refractivity contribution in [3.05, 3.63) is 0 Å². The summed E-state index contributed by atoms with van der Waals surface area (Å²) in [5.41, 5.74) is 5.31. The van der Waals surface area contributed by atoms with Crippen LogP contribution in [0.2, 0.25) is 0 Å². The van der Waals surface area contributed by atoms with Gasteiger partial charge in [-0.1, -0.05) is 0 Å². The predicted molar refractivity (Wildman–Crippen MR) is 30.1 cm³/mol. The Morgan fingerprint density at radius 1 is 1.71 bits per heavy atom. The number of piperidine rings is 1. The largest absolute Gasteiger partial charge is 0.328 e. The van der Waals surface area contributed by atoms with E-state index in [1.807, 2.05) is 0 Å². The molecule has 2 nitrogen and oxygen atoms in total. The second kappa shape index (κ2) is 2.28. The molecule has 0 amide bonds. The minimum absolute atomic E-state index is 0.0769. The van der Waals surface area contributed by atoms with Gasteiger partial charge >= 0.3 is 0 Å². The molecular weight excluding hydrogens is 88.1 g/mol. The summed E-state index contributed by atoms with van der Waals surface area (Å²) in [6.07, 6.45) is -4.07. The zero-order chi connectivity index (χ0) is 9.62. The second-order valence-corrected chi connectivity index (χ2v) is 1.37. The molecule has 0 aromatic carbocycles. The van der Waals surface area contributed by atoms with Crippen molar-refractivity contribution >= 4 is 0 Å². The monoisotopic (exact) mass is 105 g/mol. The van der Waals surface area contributed by atoms with E-state index in [0.717, 1.165) is 0 Å². The van der Waals surface area contributed by atoms with Gasteiger partial charge in [0.1, 0.15) is 0 Å². The SMILES string of the molecule is [2H]C1([2H])CNCC([2H])([2H])C1([2H])N. The summed E-state index contributed by atoms with van der Waals surface area (Å²) in [4.78, 5) is 0. The Labute approximate surface area is 51.1 Å². The molecule has 0 unspecified atom stereocenters. The molecule has 0 saturated carbocycles. The van der Waals surface area contributed by atoms with Gasteiger partial charge in [-0.05, 0) is 25.8 Å². The molecule has 0 radical (unpaired) electrons. The average molecular weight is 105 g/mol. The Kier molecular flexibility index (Phi) is 0.557. The minimum Gasteiger partial charge on any atom is -0.328 e. The Morgan fingerprint density at radius 2 is 2.29 bits per heavy atom. The van der Waals surface area contributed by atoms with Gasteiger partial charge in [-0.25, -0.2) is 0 Å². The van der Waals surface area contributed by atoms with Gasteiger partial charge in [0.05, 0.1) is 0 Å². The smallest absolute Gasteiger partial charge is 0.0463 e. The maximum Gasteiger partial charge on any atom is 0.0463 e. The van der Waals surface area contributed by atoms with Crippen molar-refractivity contribution in [2.45, 2.75) is 18.8 Å². The third kappa shape index (κ3) is 1.45. The van der Waals surface area contributed by atoms with E-state index in [0.29, 0.717) is 0 Å². The Morgan fingerprint density at radius 3 is 2.71 bits per heavy atom. The van der Waals surface area contributed by atoms with Gasteiger partial charge < -0.3 is 11.1 Å². The van der Waals surface area contributed by atoms with E-state index >= 15 is 0 Å². The van der Waals surface area contributed by atoms with E-state index in [1.165, 1.54) is 0 Å². The van der Waals surface area contributed by atoms with Crippen molar-refractivity contribution < 1.29 is 6.85 Å². The molecular formula is C5H12N2. The van der Waals surface area contributed by atoms with Crippen molar-refractivity contribution in [3.63, 3.8) is 0 Å². The number of hydrogen-bond acceptors (Lipinski definition) is 2. The van der Waals surface area contributed by atoms with Gasteiger partial charge in [-0.3, -0.25) is 0 Å². The Bertz CT molecular complexity index is 172. The predicted octanol–water partition coefficient (Wildman–Crippen LogP) is -0.303. The molecule has 2 heteroatoms. The number of nitrogens with one attached hydrogen (secondary N) is 1. The molecule has 1 fully saturated rings. The van der Waals surface area contributed by atoms with E-state index in [9.17, 15) is 0 Å². The minimum atomic E-state index is -2.18. The topological polar surface area (TPSA) is 38.0 Å². The molecule has 0 atom stereocenters. The van der Waals surface area contributed by atoms with Crippen molar-refractivity contribution in [3.8, 4) is 0 Å². The van der Waals surface area contributed by atoms with Crippen LogP contribution in [0, 0.1) is 0 Å². The van der Waals surface area contributed by atoms with Crippen LogP contribution in [0.3, 0.4) is 0 Å². The lowest BCUT2D eigenvalue weighted by atomic mass is 10.1. The summed E-state index contributed by atoms with van der Waals surface area (Å²) in [7, 11) is 0. The van der Waals surface area contributed by atoms with E-state index in [1.54, 1.807) is 0 Å². The maximum absolute atomic E-state index is 7.42. The molecule has 1 rings (SSSR count). The van der Waals surface area contributed by atoms with Crippen LogP contribution in [0.15, 0.2) is 0 Å². The third-order valence-electron chi connectivity index (χ3n) is 0.808. The summed E-state index contributed by atoms with van der Waals surface area (Å²) in [6, 6.07) is -2.18. The average Bonchev–Trinajstić information content (AvgIpc) is 1.83. The van der Waals surface area contributed by atoms with Gasteiger partial charge in [-0.2, -0.15) is 0 Å². The first kappa shape index (κ1) is 1.71. The summed E-state index contributed by atoms with van der Waals surface area (Å²) >= 11 is 0. The highest BCUT2D eigenvalue weighted by molar-refractivity contribution is 4.69. The van der Waals surface area contributed by atoms with Gasteiger partial charge in [0, 0.05) is 12.9 Å². The second-order valence-electron chi connectivity index (χ2n) is 1.37. The fourth-order valence-corrected chi connectivity index (χ4v) is 0.440. The van der Waals surface area contributed by atoms with Crippen LogP contribution >= 0.6 is 0 Å². The standard InChI is InChI=1S/C5H12N2/c6-5-1-3-7-4-2-5/h5,7H,1-4,6H2/i1D2,2D2,5D. The van der Waals surface area contributed by atoms with E-state index < -0.39 is 18.8 Å². The van der Waals surface area contributed by atoms with Crippen LogP contribution in [0.25, 0.3) is 0 Å². The maximum atomic E-state index is 7.42. The first-order valence-electron chi connectivity index (χ1n) is 4.70. The van der Waals surface area contributed by atoms with Crippen molar-refractivity contribution in [1.82, 2.24) is 5.32 Å². The number of hydrogen-bond donors (Lipinski definition) is 2. The molecule has 1 aliphatic heterocycles.